The summed E-state index contributed by atoms with van der Waals surface area (Å²) in [6.45, 7) is 3.16. The van der Waals surface area contributed by atoms with Gasteiger partial charge in [0.15, 0.2) is 0 Å². The zero-order chi connectivity index (χ0) is 8.10. The molecule has 2 heteroatoms. The molecule has 62 valence electrons. The fourth-order valence-corrected chi connectivity index (χ4v) is 1.31. The number of rotatable bonds is 3. The highest BCUT2D eigenvalue weighted by atomic mass is 35.5. The molecule has 11 heavy (non-hydrogen) atoms. The van der Waals surface area contributed by atoms with Gasteiger partial charge < -0.3 is 5.32 Å². The molecule has 0 atom stereocenters. The van der Waals surface area contributed by atoms with E-state index in [0.717, 1.165) is 36.5 Å². The maximum absolute atomic E-state index is 5.95. The molecule has 0 spiro atoms. The van der Waals surface area contributed by atoms with Crippen molar-refractivity contribution in [1.82, 2.24) is 5.32 Å². The van der Waals surface area contributed by atoms with Crippen molar-refractivity contribution in [2.24, 2.45) is 0 Å². The Balaban J connectivity index is 2.43. The van der Waals surface area contributed by atoms with Crippen molar-refractivity contribution in [3.8, 4) is 0 Å². The van der Waals surface area contributed by atoms with Gasteiger partial charge in [0.05, 0.1) is 5.03 Å². The van der Waals surface area contributed by atoms with Gasteiger partial charge in [-0.15, -0.1) is 0 Å². The van der Waals surface area contributed by atoms with E-state index in [9.17, 15) is 0 Å². The highest BCUT2D eigenvalue weighted by Crippen LogP contribution is 2.19. The standard InChI is InChI=1S/C9H14ClN/c1-2-7-11-9-6-4-3-5-8(9)10/h5-6,11H,2-4,7H2,1H3. The number of nitrogens with one attached hydrogen (secondary N) is 1. The van der Waals surface area contributed by atoms with Crippen molar-refractivity contribution >= 4 is 11.6 Å². The van der Waals surface area contributed by atoms with E-state index in [-0.39, 0.29) is 0 Å². The van der Waals surface area contributed by atoms with E-state index in [1.165, 1.54) is 0 Å². The highest BCUT2D eigenvalue weighted by molar-refractivity contribution is 6.31. The second-order valence-corrected chi connectivity index (χ2v) is 3.08. The van der Waals surface area contributed by atoms with Gasteiger partial charge in [0.25, 0.3) is 0 Å². The Bertz CT molecular complexity index is 182. The topological polar surface area (TPSA) is 12.0 Å². The molecule has 1 N–H and O–H groups in total. The van der Waals surface area contributed by atoms with Crippen LogP contribution in [0.4, 0.5) is 0 Å². The molecule has 0 radical (unpaired) electrons. The highest BCUT2D eigenvalue weighted by Gasteiger charge is 2.03. The van der Waals surface area contributed by atoms with Crippen molar-refractivity contribution in [1.29, 1.82) is 0 Å². The summed E-state index contributed by atoms with van der Waals surface area (Å²) >= 11 is 5.95. The van der Waals surface area contributed by atoms with E-state index in [1.807, 2.05) is 0 Å². The van der Waals surface area contributed by atoms with Gasteiger partial charge in [-0.3, -0.25) is 0 Å². The quantitative estimate of drug-likeness (QED) is 0.689. The van der Waals surface area contributed by atoms with Crippen molar-refractivity contribution < 1.29 is 0 Å². The molecule has 0 amide bonds. The maximum Gasteiger partial charge on any atom is 0.0594 e. The van der Waals surface area contributed by atoms with Crippen LogP contribution in [0.3, 0.4) is 0 Å². The number of hydrogen-bond donors (Lipinski definition) is 1. The molecule has 0 saturated heterocycles. The fourth-order valence-electron chi connectivity index (χ4n) is 1.06. The molecule has 0 unspecified atom stereocenters. The second kappa shape index (κ2) is 4.45. The SMILES string of the molecule is CCCNC1=CCCC=C1Cl. The van der Waals surface area contributed by atoms with Crippen LogP contribution in [0.1, 0.15) is 26.2 Å². The van der Waals surface area contributed by atoms with Crippen LogP contribution in [0.2, 0.25) is 0 Å². The summed E-state index contributed by atoms with van der Waals surface area (Å²) in [6, 6.07) is 0. The molecule has 1 nitrogen and oxygen atoms in total. The first-order valence-corrected chi connectivity index (χ1v) is 4.52. The van der Waals surface area contributed by atoms with Gasteiger partial charge in [0.1, 0.15) is 0 Å². The summed E-state index contributed by atoms with van der Waals surface area (Å²) in [5.41, 5.74) is 1.11. The van der Waals surface area contributed by atoms with Crippen molar-refractivity contribution in [3.05, 3.63) is 22.9 Å². The van der Waals surface area contributed by atoms with E-state index in [2.05, 4.69) is 24.4 Å². The van der Waals surface area contributed by atoms with Gasteiger partial charge in [0, 0.05) is 12.2 Å². The summed E-state index contributed by atoms with van der Waals surface area (Å²) in [5, 5.41) is 4.16. The molecule has 0 aromatic carbocycles. The lowest BCUT2D eigenvalue weighted by Crippen LogP contribution is -2.15. The summed E-state index contributed by atoms with van der Waals surface area (Å²) in [6.07, 6.45) is 7.57. The molecule has 0 aromatic heterocycles. The first-order chi connectivity index (χ1) is 5.34. The van der Waals surface area contributed by atoms with Crippen LogP contribution in [-0.4, -0.2) is 6.54 Å². The van der Waals surface area contributed by atoms with Gasteiger partial charge in [-0.05, 0) is 19.3 Å². The lowest BCUT2D eigenvalue weighted by molar-refractivity contribution is 0.769. The average molecular weight is 172 g/mol. The Morgan fingerprint density at radius 1 is 1.45 bits per heavy atom. The number of halogens is 1. The Hall–Kier alpha value is -0.430. The third-order valence-corrected chi connectivity index (χ3v) is 2.02. The van der Waals surface area contributed by atoms with Gasteiger partial charge >= 0.3 is 0 Å². The second-order valence-electron chi connectivity index (χ2n) is 2.67. The van der Waals surface area contributed by atoms with E-state index in [0.29, 0.717) is 0 Å². The van der Waals surface area contributed by atoms with Gasteiger partial charge in [0.2, 0.25) is 0 Å². The number of allylic oxidation sites excluding steroid dienone is 3. The van der Waals surface area contributed by atoms with Crippen LogP contribution in [0, 0.1) is 0 Å². The zero-order valence-electron chi connectivity index (χ0n) is 6.86. The predicted octanol–water partition coefficient (Wildman–Crippen LogP) is 2.79. The third-order valence-electron chi connectivity index (χ3n) is 1.66. The summed E-state index contributed by atoms with van der Waals surface area (Å²) < 4.78 is 0. The first-order valence-electron chi connectivity index (χ1n) is 4.14. The molecule has 1 aliphatic rings. The number of hydrogen-bond acceptors (Lipinski definition) is 1. The van der Waals surface area contributed by atoms with E-state index >= 15 is 0 Å². The van der Waals surface area contributed by atoms with Crippen molar-refractivity contribution in [3.63, 3.8) is 0 Å². The molecule has 0 heterocycles. The molecule has 0 aliphatic heterocycles. The molecule has 1 rings (SSSR count). The van der Waals surface area contributed by atoms with Gasteiger partial charge in [-0.2, -0.15) is 0 Å². The Kier molecular flexibility index (Phi) is 3.50. The summed E-state index contributed by atoms with van der Waals surface area (Å²) in [7, 11) is 0. The Morgan fingerprint density at radius 2 is 2.18 bits per heavy atom. The minimum Gasteiger partial charge on any atom is -0.384 e. The first kappa shape index (κ1) is 8.66. The average Bonchev–Trinajstić information content (AvgIpc) is 2.03. The van der Waals surface area contributed by atoms with Gasteiger partial charge in [-0.1, -0.05) is 30.7 Å². The molecular weight excluding hydrogens is 158 g/mol. The molecule has 0 bridgehead atoms. The molecule has 1 aliphatic carbocycles. The maximum atomic E-state index is 5.95. The van der Waals surface area contributed by atoms with E-state index < -0.39 is 0 Å². The lowest BCUT2D eigenvalue weighted by atomic mass is 10.1. The normalized spacial score (nSPS) is 17.3. The molecular formula is C9H14ClN. The molecule has 0 saturated carbocycles. The van der Waals surface area contributed by atoms with Crippen LogP contribution < -0.4 is 5.32 Å². The summed E-state index contributed by atoms with van der Waals surface area (Å²) in [5.74, 6) is 0. The van der Waals surface area contributed by atoms with Crippen LogP contribution in [0.15, 0.2) is 22.9 Å². The summed E-state index contributed by atoms with van der Waals surface area (Å²) in [4.78, 5) is 0. The lowest BCUT2D eigenvalue weighted by Gasteiger charge is -2.12. The largest absolute Gasteiger partial charge is 0.384 e. The van der Waals surface area contributed by atoms with Crippen molar-refractivity contribution in [2.75, 3.05) is 6.54 Å². The van der Waals surface area contributed by atoms with Crippen LogP contribution >= 0.6 is 11.6 Å². The predicted molar refractivity (Wildman–Crippen MR) is 49.5 cm³/mol. The van der Waals surface area contributed by atoms with Crippen LogP contribution in [0.25, 0.3) is 0 Å². The fraction of sp³-hybridized carbons (Fsp3) is 0.556. The van der Waals surface area contributed by atoms with Crippen LogP contribution in [0.5, 0.6) is 0 Å². The smallest absolute Gasteiger partial charge is 0.0594 e. The molecule has 0 fully saturated rings. The van der Waals surface area contributed by atoms with Gasteiger partial charge in [-0.25, -0.2) is 0 Å². The van der Waals surface area contributed by atoms with E-state index in [1.54, 1.807) is 0 Å². The zero-order valence-corrected chi connectivity index (χ0v) is 7.62. The van der Waals surface area contributed by atoms with Crippen LogP contribution in [-0.2, 0) is 0 Å². The molecule has 0 aromatic rings. The Morgan fingerprint density at radius 3 is 2.82 bits per heavy atom. The minimum absolute atomic E-state index is 0.879. The van der Waals surface area contributed by atoms with E-state index in [4.69, 9.17) is 11.6 Å². The van der Waals surface area contributed by atoms with Crippen molar-refractivity contribution in [2.45, 2.75) is 26.2 Å². The third kappa shape index (κ3) is 2.58. The minimum atomic E-state index is 0.879. The Labute approximate surface area is 73.1 Å². The monoisotopic (exact) mass is 171 g/mol.